The summed E-state index contributed by atoms with van der Waals surface area (Å²) in [4.78, 5) is 27.2. The summed E-state index contributed by atoms with van der Waals surface area (Å²) in [6.07, 6.45) is -0.175. The molecule has 1 aliphatic rings. The van der Waals surface area contributed by atoms with Gasteiger partial charge in [0.25, 0.3) is 5.91 Å². The number of nitrogens with one attached hydrogen (secondary N) is 3. The lowest BCUT2D eigenvalue weighted by Crippen LogP contribution is -2.44. The van der Waals surface area contributed by atoms with Crippen molar-refractivity contribution in [1.82, 2.24) is 10.2 Å². The van der Waals surface area contributed by atoms with Crippen LogP contribution in [0.4, 0.5) is 25.0 Å². The fraction of sp³-hybridized carbons (Fsp3) is 0.417. The number of amides is 3. The van der Waals surface area contributed by atoms with Crippen molar-refractivity contribution in [2.45, 2.75) is 26.0 Å². The minimum absolute atomic E-state index is 0.0322. The molecule has 2 aromatic carbocycles. The standard InChI is InChI=1S/C24H30F2N4O4/c1-14-11-27-15(2)13-34-21-8-6-17(10-18(21)23(31)30(3)12-22(14)33-4)28-24(32)29-20-9-16(25)5-7-19(20)26/h5-10,14-15,22,27H,11-13H2,1-4H3,(H2,28,29,32)/t14-,15+,22-/m0/s1. The van der Waals surface area contributed by atoms with E-state index in [0.717, 1.165) is 18.2 Å². The number of nitrogens with zero attached hydrogens (tertiary/aromatic N) is 1. The quantitative estimate of drug-likeness (QED) is 0.628. The van der Waals surface area contributed by atoms with E-state index in [9.17, 15) is 18.4 Å². The first-order valence-corrected chi connectivity index (χ1v) is 11.0. The number of halogens is 2. The number of carbonyl (C=O) groups excluding carboxylic acids is 2. The molecule has 0 saturated heterocycles. The third-order valence-corrected chi connectivity index (χ3v) is 5.66. The average Bonchev–Trinajstić information content (AvgIpc) is 2.81. The molecule has 0 radical (unpaired) electrons. The van der Waals surface area contributed by atoms with Gasteiger partial charge in [-0.15, -0.1) is 0 Å². The fourth-order valence-corrected chi connectivity index (χ4v) is 3.62. The first kappa shape index (κ1) is 25.4. The van der Waals surface area contributed by atoms with Crippen molar-refractivity contribution < 1.29 is 27.8 Å². The van der Waals surface area contributed by atoms with E-state index < -0.39 is 17.7 Å². The topological polar surface area (TPSA) is 91.9 Å². The average molecular weight is 477 g/mol. The number of urea groups is 1. The molecule has 3 rings (SSSR count). The number of benzene rings is 2. The molecule has 0 aliphatic carbocycles. The number of fused-ring (bicyclic) bond motifs is 1. The van der Waals surface area contributed by atoms with E-state index >= 15 is 0 Å². The van der Waals surface area contributed by atoms with Crippen LogP contribution in [0, 0.1) is 17.6 Å². The maximum Gasteiger partial charge on any atom is 0.323 e. The van der Waals surface area contributed by atoms with Gasteiger partial charge in [0, 0.05) is 45.0 Å². The van der Waals surface area contributed by atoms with Crippen LogP contribution in [0.3, 0.4) is 0 Å². The summed E-state index contributed by atoms with van der Waals surface area (Å²) in [5.41, 5.74) is 0.241. The Kier molecular flexibility index (Phi) is 8.41. The van der Waals surface area contributed by atoms with E-state index in [1.807, 2.05) is 6.92 Å². The van der Waals surface area contributed by atoms with Crippen LogP contribution in [-0.2, 0) is 4.74 Å². The summed E-state index contributed by atoms with van der Waals surface area (Å²) in [6.45, 7) is 5.44. The second kappa shape index (κ2) is 11.3. The Bertz CT molecular complexity index is 1040. The Morgan fingerprint density at radius 2 is 1.94 bits per heavy atom. The van der Waals surface area contributed by atoms with Crippen LogP contribution >= 0.6 is 0 Å². The van der Waals surface area contributed by atoms with Crippen molar-refractivity contribution in [2.75, 3.05) is 44.5 Å². The maximum absolute atomic E-state index is 13.8. The van der Waals surface area contributed by atoms with Crippen LogP contribution in [0.1, 0.15) is 24.2 Å². The van der Waals surface area contributed by atoms with Gasteiger partial charge in [0.2, 0.25) is 0 Å². The Morgan fingerprint density at radius 1 is 1.18 bits per heavy atom. The van der Waals surface area contributed by atoms with Crippen molar-refractivity contribution in [3.05, 3.63) is 53.6 Å². The van der Waals surface area contributed by atoms with Gasteiger partial charge in [0.05, 0.1) is 17.4 Å². The lowest BCUT2D eigenvalue weighted by Gasteiger charge is -2.30. The predicted molar refractivity (Wildman–Crippen MR) is 125 cm³/mol. The molecular formula is C24H30F2N4O4. The van der Waals surface area contributed by atoms with E-state index in [1.165, 1.54) is 6.07 Å². The Morgan fingerprint density at radius 3 is 2.68 bits per heavy atom. The molecule has 1 heterocycles. The second-order valence-electron chi connectivity index (χ2n) is 8.47. The van der Waals surface area contributed by atoms with Crippen LogP contribution < -0.4 is 20.7 Å². The largest absolute Gasteiger partial charge is 0.491 e. The molecule has 0 unspecified atom stereocenters. The van der Waals surface area contributed by atoms with E-state index in [0.29, 0.717) is 25.4 Å². The molecule has 0 fully saturated rings. The molecule has 0 aromatic heterocycles. The second-order valence-corrected chi connectivity index (χ2v) is 8.47. The third-order valence-electron chi connectivity index (χ3n) is 5.66. The molecule has 1 aliphatic heterocycles. The van der Waals surface area contributed by atoms with Crippen LogP contribution in [0.25, 0.3) is 0 Å². The lowest BCUT2D eigenvalue weighted by atomic mass is 10.0. The summed E-state index contributed by atoms with van der Waals surface area (Å²) < 4.78 is 38.7. The zero-order valence-electron chi connectivity index (χ0n) is 19.7. The summed E-state index contributed by atoms with van der Waals surface area (Å²) in [5.74, 6) is -1.24. The SMILES string of the molecule is CO[C@H]1CN(C)C(=O)c2cc(NC(=O)Nc3cc(F)ccc3F)ccc2OC[C@@H](C)NC[C@@H]1C. The molecule has 3 amide bonds. The summed E-state index contributed by atoms with van der Waals surface area (Å²) in [7, 11) is 3.29. The Hall–Kier alpha value is -3.24. The molecule has 3 atom stereocenters. The molecule has 10 heteroatoms. The van der Waals surface area contributed by atoms with Gasteiger partial charge in [-0.05, 0) is 43.2 Å². The van der Waals surface area contributed by atoms with Crippen molar-refractivity contribution in [2.24, 2.45) is 5.92 Å². The van der Waals surface area contributed by atoms with Gasteiger partial charge in [0.15, 0.2) is 0 Å². The minimum atomic E-state index is -0.787. The first-order chi connectivity index (χ1) is 16.2. The highest BCUT2D eigenvalue weighted by molar-refractivity contribution is 6.02. The smallest absolute Gasteiger partial charge is 0.323 e. The highest BCUT2D eigenvalue weighted by Crippen LogP contribution is 2.26. The van der Waals surface area contributed by atoms with Crippen LogP contribution in [-0.4, -0.2) is 62.8 Å². The minimum Gasteiger partial charge on any atom is -0.491 e. The van der Waals surface area contributed by atoms with E-state index in [4.69, 9.17) is 9.47 Å². The summed E-state index contributed by atoms with van der Waals surface area (Å²) in [5, 5.41) is 8.21. The van der Waals surface area contributed by atoms with Crippen molar-refractivity contribution in [3.63, 3.8) is 0 Å². The van der Waals surface area contributed by atoms with Gasteiger partial charge in [-0.1, -0.05) is 6.92 Å². The van der Waals surface area contributed by atoms with E-state index in [1.54, 1.807) is 31.2 Å². The summed E-state index contributed by atoms with van der Waals surface area (Å²) in [6, 6.07) is 6.65. The number of rotatable bonds is 3. The molecule has 0 spiro atoms. The van der Waals surface area contributed by atoms with Gasteiger partial charge in [-0.2, -0.15) is 0 Å². The van der Waals surface area contributed by atoms with Gasteiger partial charge >= 0.3 is 6.03 Å². The zero-order valence-corrected chi connectivity index (χ0v) is 19.7. The van der Waals surface area contributed by atoms with Crippen molar-refractivity contribution in [3.8, 4) is 5.75 Å². The van der Waals surface area contributed by atoms with Crippen LogP contribution in [0.15, 0.2) is 36.4 Å². The highest BCUT2D eigenvalue weighted by atomic mass is 19.1. The number of likely N-dealkylation sites (N-methyl/N-ethyl adjacent to an activating group) is 1. The molecular weight excluding hydrogens is 446 g/mol. The molecule has 34 heavy (non-hydrogen) atoms. The Balaban J connectivity index is 1.83. The number of hydrogen-bond acceptors (Lipinski definition) is 5. The molecule has 184 valence electrons. The first-order valence-electron chi connectivity index (χ1n) is 11.0. The van der Waals surface area contributed by atoms with Gasteiger partial charge in [-0.3, -0.25) is 4.79 Å². The molecule has 2 aromatic rings. The maximum atomic E-state index is 13.8. The highest BCUT2D eigenvalue weighted by Gasteiger charge is 2.25. The lowest BCUT2D eigenvalue weighted by molar-refractivity contribution is 0.0281. The summed E-state index contributed by atoms with van der Waals surface area (Å²) >= 11 is 0. The van der Waals surface area contributed by atoms with Gasteiger partial charge in [0.1, 0.15) is 24.0 Å². The fourth-order valence-electron chi connectivity index (χ4n) is 3.62. The van der Waals surface area contributed by atoms with Crippen molar-refractivity contribution >= 4 is 23.3 Å². The third kappa shape index (κ3) is 6.42. The van der Waals surface area contributed by atoms with Crippen LogP contribution in [0.5, 0.6) is 5.75 Å². The number of methoxy groups -OCH3 is 1. The molecule has 0 bridgehead atoms. The Labute approximate surface area is 197 Å². The number of hydrogen-bond donors (Lipinski definition) is 3. The zero-order chi connectivity index (χ0) is 24.8. The normalized spacial score (nSPS) is 21.5. The van der Waals surface area contributed by atoms with Gasteiger partial charge in [-0.25, -0.2) is 13.6 Å². The van der Waals surface area contributed by atoms with E-state index in [2.05, 4.69) is 22.9 Å². The number of anilines is 2. The molecule has 3 N–H and O–H groups in total. The molecule has 8 nitrogen and oxygen atoms in total. The van der Waals surface area contributed by atoms with E-state index in [-0.39, 0.29) is 40.9 Å². The van der Waals surface area contributed by atoms with Gasteiger partial charge < -0.3 is 30.3 Å². The predicted octanol–water partition coefficient (Wildman–Crippen LogP) is 3.70. The monoisotopic (exact) mass is 476 g/mol. The number of carbonyl (C=O) groups is 2. The number of ether oxygens (including phenoxy) is 2. The van der Waals surface area contributed by atoms with Crippen molar-refractivity contribution in [1.29, 1.82) is 0 Å². The molecule has 0 saturated carbocycles. The van der Waals surface area contributed by atoms with Crippen LogP contribution in [0.2, 0.25) is 0 Å².